The monoisotopic (exact) mass is 381 g/mol. The maximum atomic E-state index is 12.4. The second-order valence-corrected chi connectivity index (χ2v) is 7.35. The van der Waals surface area contributed by atoms with Gasteiger partial charge in [-0.2, -0.15) is 0 Å². The first-order valence-corrected chi connectivity index (χ1v) is 8.33. The van der Waals surface area contributed by atoms with Crippen molar-refractivity contribution in [3.8, 4) is 0 Å². The van der Waals surface area contributed by atoms with Gasteiger partial charge in [0, 0.05) is 23.2 Å². The Morgan fingerprint density at radius 3 is 2.18 bits per heavy atom. The Morgan fingerprint density at radius 1 is 1.14 bits per heavy atom. The standard InChI is InChI=1S/C15H16BrN3O2S/c1-8(2)13-12(19-15(16)22-13)14(21)18-11-6-4-10(5-7-11)17-9(3)20/h4-8H,1-3H3,(H,17,20)(H,18,21). The van der Waals surface area contributed by atoms with Gasteiger partial charge < -0.3 is 10.6 Å². The molecule has 0 saturated heterocycles. The number of anilines is 2. The number of benzene rings is 1. The fourth-order valence-corrected chi connectivity index (χ4v) is 3.38. The average molecular weight is 382 g/mol. The topological polar surface area (TPSA) is 71.1 Å². The van der Waals surface area contributed by atoms with E-state index in [9.17, 15) is 9.59 Å². The van der Waals surface area contributed by atoms with E-state index in [0.717, 1.165) is 4.88 Å². The van der Waals surface area contributed by atoms with E-state index in [1.165, 1.54) is 18.3 Å². The van der Waals surface area contributed by atoms with Gasteiger partial charge in [0.05, 0.1) is 0 Å². The van der Waals surface area contributed by atoms with Gasteiger partial charge in [0.1, 0.15) is 5.69 Å². The van der Waals surface area contributed by atoms with Crippen LogP contribution in [0.2, 0.25) is 0 Å². The molecule has 1 aromatic carbocycles. The van der Waals surface area contributed by atoms with Crippen LogP contribution in [0.1, 0.15) is 42.1 Å². The lowest BCUT2D eigenvalue weighted by Gasteiger charge is -2.08. The Bertz CT molecular complexity index is 695. The fourth-order valence-electron chi connectivity index (χ4n) is 1.89. The molecule has 0 radical (unpaired) electrons. The van der Waals surface area contributed by atoms with Crippen molar-refractivity contribution in [1.29, 1.82) is 0 Å². The van der Waals surface area contributed by atoms with Crippen molar-refractivity contribution in [2.24, 2.45) is 0 Å². The van der Waals surface area contributed by atoms with Gasteiger partial charge in [-0.1, -0.05) is 13.8 Å². The maximum absolute atomic E-state index is 12.4. The minimum atomic E-state index is -0.238. The summed E-state index contributed by atoms with van der Waals surface area (Å²) in [5.74, 6) is -0.143. The average Bonchev–Trinajstić information content (AvgIpc) is 2.83. The molecule has 0 bridgehead atoms. The van der Waals surface area contributed by atoms with Gasteiger partial charge in [-0.05, 0) is 46.1 Å². The molecular weight excluding hydrogens is 366 g/mol. The zero-order chi connectivity index (χ0) is 16.3. The number of carbonyl (C=O) groups is 2. The van der Waals surface area contributed by atoms with Gasteiger partial charge in [-0.3, -0.25) is 9.59 Å². The van der Waals surface area contributed by atoms with E-state index in [2.05, 4.69) is 31.5 Å². The molecular formula is C15H16BrN3O2S. The number of rotatable bonds is 4. The molecule has 0 saturated carbocycles. The van der Waals surface area contributed by atoms with Crippen molar-refractivity contribution < 1.29 is 9.59 Å². The number of thiazole rings is 1. The van der Waals surface area contributed by atoms with Crippen molar-refractivity contribution in [1.82, 2.24) is 4.98 Å². The first-order chi connectivity index (χ1) is 10.4. The molecule has 0 aliphatic carbocycles. The SMILES string of the molecule is CC(=O)Nc1ccc(NC(=O)c2nc(Br)sc2C(C)C)cc1. The first-order valence-electron chi connectivity index (χ1n) is 6.72. The van der Waals surface area contributed by atoms with Crippen molar-refractivity contribution >= 4 is 50.5 Å². The molecule has 2 aromatic rings. The molecule has 2 amide bonds. The summed E-state index contributed by atoms with van der Waals surface area (Å²) in [5.41, 5.74) is 1.78. The third kappa shape index (κ3) is 4.14. The minimum Gasteiger partial charge on any atom is -0.326 e. The Hall–Kier alpha value is -1.73. The van der Waals surface area contributed by atoms with E-state index in [1.54, 1.807) is 24.3 Å². The fraction of sp³-hybridized carbons (Fsp3) is 0.267. The number of halogens is 1. The molecule has 22 heavy (non-hydrogen) atoms. The lowest BCUT2D eigenvalue weighted by molar-refractivity contribution is -0.114. The number of nitrogens with one attached hydrogen (secondary N) is 2. The summed E-state index contributed by atoms with van der Waals surface area (Å²) in [5, 5.41) is 5.49. The van der Waals surface area contributed by atoms with E-state index in [0.29, 0.717) is 21.0 Å². The molecule has 1 heterocycles. The Labute approximate surface area is 141 Å². The smallest absolute Gasteiger partial charge is 0.275 e. The van der Waals surface area contributed by atoms with Crippen LogP contribution in [-0.4, -0.2) is 16.8 Å². The quantitative estimate of drug-likeness (QED) is 0.831. The minimum absolute atomic E-state index is 0.134. The van der Waals surface area contributed by atoms with E-state index >= 15 is 0 Å². The summed E-state index contributed by atoms with van der Waals surface area (Å²) in [6.07, 6.45) is 0. The third-order valence-corrected chi connectivity index (χ3v) is 4.64. The summed E-state index contributed by atoms with van der Waals surface area (Å²) in [7, 11) is 0. The van der Waals surface area contributed by atoms with Gasteiger partial charge in [-0.25, -0.2) is 4.98 Å². The van der Waals surface area contributed by atoms with Crippen molar-refractivity contribution in [2.75, 3.05) is 10.6 Å². The first kappa shape index (κ1) is 16.6. The lowest BCUT2D eigenvalue weighted by Crippen LogP contribution is -2.14. The van der Waals surface area contributed by atoms with Crippen LogP contribution in [0.3, 0.4) is 0 Å². The van der Waals surface area contributed by atoms with Crippen LogP contribution < -0.4 is 10.6 Å². The molecule has 0 fully saturated rings. The third-order valence-electron chi connectivity index (χ3n) is 2.83. The van der Waals surface area contributed by atoms with E-state index in [1.807, 2.05) is 13.8 Å². The molecule has 0 aliphatic heterocycles. The summed E-state index contributed by atoms with van der Waals surface area (Å²) in [6.45, 7) is 5.50. The number of hydrogen-bond donors (Lipinski definition) is 2. The zero-order valence-corrected chi connectivity index (χ0v) is 14.8. The maximum Gasteiger partial charge on any atom is 0.275 e. The van der Waals surface area contributed by atoms with Crippen LogP contribution in [0.25, 0.3) is 0 Å². The molecule has 2 N–H and O–H groups in total. The predicted molar refractivity (Wildman–Crippen MR) is 92.6 cm³/mol. The number of aromatic nitrogens is 1. The molecule has 1 aromatic heterocycles. The molecule has 0 atom stereocenters. The Balaban J connectivity index is 2.13. The van der Waals surface area contributed by atoms with E-state index in [-0.39, 0.29) is 17.7 Å². The van der Waals surface area contributed by atoms with Crippen LogP contribution in [-0.2, 0) is 4.79 Å². The molecule has 0 aliphatic rings. The van der Waals surface area contributed by atoms with E-state index < -0.39 is 0 Å². The summed E-state index contributed by atoms with van der Waals surface area (Å²) < 4.78 is 0.697. The zero-order valence-electron chi connectivity index (χ0n) is 12.4. The van der Waals surface area contributed by atoms with Crippen LogP contribution in [0.15, 0.2) is 28.2 Å². The van der Waals surface area contributed by atoms with Crippen LogP contribution in [0, 0.1) is 0 Å². The second-order valence-electron chi connectivity index (χ2n) is 5.05. The highest BCUT2D eigenvalue weighted by atomic mass is 79.9. The highest BCUT2D eigenvalue weighted by Gasteiger charge is 2.19. The normalized spacial score (nSPS) is 10.6. The number of hydrogen-bond acceptors (Lipinski definition) is 4. The van der Waals surface area contributed by atoms with Crippen molar-refractivity contribution in [2.45, 2.75) is 26.7 Å². The Morgan fingerprint density at radius 2 is 1.68 bits per heavy atom. The van der Waals surface area contributed by atoms with E-state index in [4.69, 9.17) is 0 Å². The molecule has 0 unspecified atom stereocenters. The van der Waals surface area contributed by atoms with Gasteiger partial charge >= 0.3 is 0 Å². The number of carbonyl (C=O) groups excluding carboxylic acids is 2. The number of nitrogens with zero attached hydrogens (tertiary/aromatic N) is 1. The predicted octanol–water partition coefficient (Wildman–Crippen LogP) is 4.24. The molecule has 116 valence electrons. The van der Waals surface area contributed by atoms with Crippen LogP contribution in [0.5, 0.6) is 0 Å². The highest BCUT2D eigenvalue weighted by Crippen LogP contribution is 2.30. The van der Waals surface area contributed by atoms with Crippen LogP contribution >= 0.6 is 27.3 Å². The van der Waals surface area contributed by atoms with Gasteiger partial charge in [0.25, 0.3) is 5.91 Å². The van der Waals surface area contributed by atoms with Gasteiger partial charge in [0.15, 0.2) is 3.92 Å². The highest BCUT2D eigenvalue weighted by molar-refractivity contribution is 9.11. The van der Waals surface area contributed by atoms with Crippen molar-refractivity contribution in [3.05, 3.63) is 38.8 Å². The van der Waals surface area contributed by atoms with Crippen LogP contribution in [0.4, 0.5) is 11.4 Å². The largest absolute Gasteiger partial charge is 0.326 e. The summed E-state index contributed by atoms with van der Waals surface area (Å²) >= 11 is 4.79. The summed E-state index contributed by atoms with van der Waals surface area (Å²) in [6, 6.07) is 6.94. The second kappa shape index (κ2) is 7.02. The molecule has 7 heteroatoms. The molecule has 2 rings (SSSR count). The number of amides is 2. The Kier molecular flexibility index (Phi) is 5.31. The molecule has 5 nitrogen and oxygen atoms in total. The van der Waals surface area contributed by atoms with Gasteiger partial charge in [0.2, 0.25) is 5.91 Å². The lowest BCUT2D eigenvalue weighted by atomic mass is 10.1. The van der Waals surface area contributed by atoms with Gasteiger partial charge in [-0.15, -0.1) is 11.3 Å². The van der Waals surface area contributed by atoms with Crippen molar-refractivity contribution in [3.63, 3.8) is 0 Å². The summed E-state index contributed by atoms with van der Waals surface area (Å²) in [4.78, 5) is 28.5. The molecule has 0 spiro atoms.